The Morgan fingerprint density at radius 3 is 2.11 bits per heavy atom. The van der Waals surface area contributed by atoms with Gasteiger partial charge >= 0.3 is 0 Å². The molecule has 1 aromatic heterocycles. The summed E-state index contributed by atoms with van der Waals surface area (Å²) in [6, 6.07) is 19.3. The van der Waals surface area contributed by atoms with Crippen molar-refractivity contribution >= 4 is 41.4 Å². The zero-order valence-corrected chi connectivity index (χ0v) is 24.1. The molecular weight excluding hydrogens is 509 g/mol. The molecule has 0 aliphatic rings. The highest BCUT2D eigenvalue weighted by Gasteiger charge is 2.14. The van der Waals surface area contributed by atoms with E-state index in [9.17, 15) is 4.79 Å². The number of aromatic nitrogens is 1. The van der Waals surface area contributed by atoms with Crippen LogP contribution in [0.25, 0.3) is 0 Å². The summed E-state index contributed by atoms with van der Waals surface area (Å²) in [7, 11) is 0. The molecule has 3 aromatic rings. The van der Waals surface area contributed by atoms with Crippen LogP contribution in [0.4, 0.5) is 0 Å². The molecule has 0 radical (unpaired) electrons. The average Bonchev–Trinajstić information content (AvgIpc) is 2.88. The summed E-state index contributed by atoms with van der Waals surface area (Å²) in [4.78, 5) is 19.8. The predicted molar refractivity (Wildman–Crippen MR) is 156 cm³/mol. The van der Waals surface area contributed by atoms with E-state index in [4.69, 9.17) is 23.2 Å². The second-order valence-corrected chi connectivity index (χ2v) is 9.76. The van der Waals surface area contributed by atoms with E-state index in [1.54, 1.807) is 35.1 Å². The van der Waals surface area contributed by atoms with E-state index in [1.807, 2.05) is 75.4 Å². The number of rotatable bonds is 10. The Hall–Kier alpha value is -2.31. The van der Waals surface area contributed by atoms with Crippen LogP contribution in [0, 0.1) is 0 Å². The molecule has 0 saturated heterocycles. The summed E-state index contributed by atoms with van der Waals surface area (Å²) in [5.41, 5.74) is 3.08. The number of halogens is 2. The van der Waals surface area contributed by atoms with Crippen LogP contribution in [0.3, 0.4) is 0 Å². The van der Waals surface area contributed by atoms with Gasteiger partial charge in [-0.25, -0.2) is 0 Å². The molecule has 0 aliphatic carbocycles. The van der Waals surface area contributed by atoms with Crippen molar-refractivity contribution in [1.82, 2.24) is 15.2 Å². The Labute approximate surface area is 231 Å². The number of amides is 1. The van der Waals surface area contributed by atoms with Gasteiger partial charge in [0, 0.05) is 51.0 Å². The molecule has 0 aliphatic heterocycles. The van der Waals surface area contributed by atoms with Crippen LogP contribution in [0.2, 0.25) is 10.0 Å². The molecule has 3 rings (SSSR count). The monoisotopic (exact) mass is 545 g/mol. The molecule has 0 fully saturated rings. The summed E-state index contributed by atoms with van der Waals surface area (Å²) in [6.45, 7) is 11.9. The summed E-state index contributed by atoms with van der Waals surface area (Å²) in [5, 5.41) is 4.60. The molecule has 1 heterocycles. The summed E-state index contributed by atoms with van der Waals surface area (Å²) in [6.07, 6.45) is 5.67. The summed E-state index contributed by atoms with van der Waals surface area (Å²) in [5.74, 6) is 0. The highest BCUT2D eigenvalue weighted by Crippen LogP contribution is 2.33. The third kappa shape index (κ3) is 12.1. The normalized spacial score (nSPS) is 10.8. The van der Waals surface area contributed by atoms with Crippen molar-refractivity contribution in [2.24, 2.45) is 0 Å². The molecule has 0 spiro atoms. The quantitative estimate of drug-likeness (QED) is 0.204. The number of hydrogen-bond donors (Lipinski definition) is 1. The van der Waals surface area contributed by atoms with Crippen molar-refractivity contribution in [2.75, 3.05) is 6.54 Å². The molecule has 1 N–H and O–H groups in total. The minimum Gasteiger partial charge on any atom is -0.312 e. The first kappa shape index (κ1) is 31.7. The molecule has 0 unspecified atom stereocenters. The van der Waals surface area contributed by atoms with Crippen molar-refractivity contribution in [3.05, 3.63) is 105 Å². The molecule has 0 bridgehead atoms. The third-order valence-electron chi connectivity index (χ3n) is 4.55. The van der Waals surface area contributed by atoms with E-state index in [-0.39, 0.29) is 0 Å². The van der Waals surface area contributed by atoms with Gasteiger partial charge in [-0.05, 0) is 48.4 Å². The molecule has 194 valence electrons. The lowest BCUT2D eigenvalue weighted by Crippen LogP contribution is -2.29. The SMILES string of the molecule is C/C(Sc1cc(Cl)cc(Cl)c1)=C(/CNCc1ccncc1)N(C=O)Cc1ccccc1.CC.CCC. The first-order valence-corrected chi connectivity index (χ1v) is 13.7. The zero-order valence-electron chi connectivity index (χ0n) is 21.8. The fourth-order valence-corrected chi connectivity index (χ4v) is 4.74. The van der Waals surface area contributed by atoms with Crippen LogP contribution in [0.5, 0.6) is 0 Å². The lowest BCUT2D eigenvalue weighted by molar-refractivity contribution is -0.117. The average molecular weight is 547 g/mol. The Morgan fingerprint density at radius 2 is 1.56 bits per heavy atom. The van der Waals surface area contributed by atoms with Crippen molar-refractivity contribution < 1.29 is 4.79 Å². The van der Waals surface area contributed by atoms with E-state index in [0.717, 1.165) is 33.0 Å². The van der Waals surface area contributed by atoms with Gasteiger partial charge in [0.2, 0.25) is 6.41 Å². The van der Waals surface area contributed by atoms with E-state index >= 15 is 0 Å². The minimum absolute atomic E-state index is 0.491. The zero-order chi connectivity index (χ0) is 26.8. The minimum atomic E-state index is 0.491. The van der Waals surface area contributed by atoms with Gasteiger partial charge in [-0.1, -0.05) is 99.4 Å². The maximum absolute atomic E-state index is 12.1. The summed E-state index contributed by atoms with van der Waals surface area (Å²) >= 11 is 13.9. The fraction of sp³-hybridized carbons (Fsp3) is 0.310. The van der Waals surface area contributed by atoms with E-state index in [2.05, 4.69) is 24.1 Å². The second-order valence-electron chi connectivity index (χ2n) is 7.60. The topological polar surface area (TPSA) is 45.2 Å². The molecule has 2 aromatic carbocycles. The van der Waals surface area contributed by atoms with Crippen molar-refractivity contribution in [3.63, 3.8) is 0 Å². The number of carbonyl (C=O) groups is 1. The van der Waals surface area contributed by atoms with Crippen LogP contribution in [-0.4, -0.2) is 22.8 Å². The lowest BCUT2D eigenvalue weighted by Gasteiger charge is -2.24. The van der Waals surface area contributed by atoms with Gasteiger partial charge in [0.15, 0.2) is 0 Å². The predicted octanol–water partition coefficient (Wildman–Crippen LogP) is 8.60. The van der Waals surface area contributed by atoms with E-state index in [0.29, 0.717) is 29.7 Å². The Balaban J connectivity index is 0.00000120. The molecule has 36 heavy (non-hydrogen) atoms. The number of benzene rings is 2. The highest BCUT2D eigenvalue weighted by atomic mass is 35.5. The lowest BCUT2D eigenvalue weighted by atomic mass is 10.2. The Kier molecular flexibility index (Phi) is 16.6. The van der Waals surface area contributed by atoms with Crippen molar-refractivity contribution in [1.29, 1.82) is 0 Å². The first-order valence-electron chi connectivity index (χ1n) is 12.2. The van der Waals surface area contributed by atoms with Gasteiger partial charge in [-0.2, -0.15) is 0 Å². The number of allylic oxidation sites excluding steroid dienone is 1. The van der Waals surface area contributed by atoms with Crippen LogP contribution in [0.1, 0.15) is 52.2 Å². The molecule has 0 saturated carbocycles. The van der Waals surface area contributed by atoms with Crippen LogP contribution >= 0.6 is 35.0 Å². The second kappa shape index (κ2) is 18.9. The standard InChI is InChI=1S/C24H23Cl2N3OS.C3H8.C2H6/c1-18(31-23-12-21(25)11-22(26)13-23)24(15-28-14-19-7-9-27-10-8-19)29(17-30)16-20-5-3-2-4-6-20;1-3-2;1-2/h2-13,17,28H,14-16H2,1H3;3H2,1-2H3;1-2H3/b24-18+;;. The Morgan fingerprint density at radius 1 is 0.972 bits per heavy atom. The summed E-state index contributed by atoms with van der Waals surface area (Å²) < 4.78 is 0. The van der Waals surface area contributed by atoms with Crippen LogP contribution in [-0.2, 0) is 17.9 Å². The third-order valence-corrected chi connectivity index (χ3v) is 6.00. The number of thioether (sulfide) groups is 1. The largest absolute Gasteiger partial charge is 0.312 e. The number of nitrogens with zero attached hydrogens (tertiary/aromatic N) is 2. The van der Waals surface area contributed by atoms with E-state index < -0.39 is 0 Å². The smallest absolute Gasteiger partial charge is 0.214 e. The maximum Gasteiger partial charge on any atom is 0.214 e. The number of hydrogen-bond acceptors (Lipinski definition) is 4. The van der Waals surface area contributed by atoms with Crippen LogP contribution in [0.15, 0.2) is 88.6 Å². The van der Waals surface area contributed by atoms with Gasteiger partial charge in [0.05, 0.1) is 6.54 Å². The molecule has 4 nitrogen and oxygen atoms in total. The Bertz CT molecular complexity index is 1030. The maximum atomic E-state index is 12.1. The molecular formula is C29H37Cl2N3OS. The number of nitrogens with one attached hydrogen (secondary N) is 1. The number of carbonyl (C=O) groups excluding carboxylic acids is 1. The first-order chi connectivity index (χ1) is 17.5. The highest BCUT2D eigenvalue weighted by molar-refractivity contribution is 8.03. The van der Waals surface area contributed by atoms with Crippen LogP contribution < -0.4 is 5.32 Å². The van der Waals surface area contributed by atoms with Crippen molar-refractivity contribution in [3.8, 4) is 0 Å². The van der Waals surface area contributed by atoms with Gasteiger partial charge in [-0.3, -0.25) is 9.78 Å². The fourth-order valence-electron chi connectivity index (χ4n) is 3.05. The van der Waals surface area contributed by atoms with Gasteiger partial charge in [-0.15, -0.1) is 0 Å². The number of pyridine rings is 1. The van der Waals surface area contributed by atoms with Gasteiger partial charge in [0.25, 0.3) is 0 Å². The molecule has 1 amide bonds. The van der Waals surface area contributed by atoms with Gasteiger partial charge < -0.3 is 10.2 Å². The van der Waals surface area contributed by atoms with Crippen molar-refractivity contribution in [2.45, 2.75) is 59.0 Å². The van der Waals surface area contributed by atoms with Gasteiger partial charge in [0.1, 0.15) is 0 Å². The molecule has 0 atom stereocenters. The van der Waals surface area contributed by atoms with E-state index in [1.165, 1.54) is 6.42 Å². The molecule has 7 heteroatoms.